The first kappa shape index (κ1) is 14.9. The molecule has 0 atom stereocenters. The SMILES string of the molecule is CCOC(=O)CNc1c(-c2cccs2)nc2ccc(Cl)cn12. The number of hydrogen-bond acceptors (Lipinski definition) is 5. The Morgan fingerprint density at radius 3 is 3.05 bits per heavy atom. The van der Waals surface area contributed by atoms with Gasteiger partial charge in [0.05, 0.1) is 16.5 Å². The Labute approximate surface area is 136 Å². The number of ether oxygens (including phenoxy) is 1. The van der Waals surface area contributed by atoms with E-state index in [0.717, 1.165) is 22.0 Å². The second kappa shape index (κ2) is 6.37. The van der Waals surface area contributed by atoms with Crippen LogP contribution >= 0.6 is 22.9 Å². The van der Waals surface area contributed by atoms with Gasteiger partial charge in [0.25, 0.3) is 0 Å². The average Bonchev–Trinajstić information content (AvgIpc) is 3.12. The standard InChI is InChI=1S/C15H14ClN3O2S/c1-2-21-13(20)8-17-15-14(11-4-3-7-22-11)18-12-6-5-10(16)9-19(12)15/h3-7,9,17H,2,8H2,1H3. The zero-order valence-electron chi connectivity index (χ0n) is 11.9. The Morgan fingerprint density at radius 1 is 1.45 bits per heavy atom. The molecule has 0 fully saturated rings. The number of thiophene rings is 1. The number of nitrogens with one attached hydrogen (secondary N) is 1. The molecule has 0 aliphatic carbocycles. The van der Waals surface area contributed by atoms with Crippen LogP contribution in [0.5, 0.6) is 0 Å². The van der Waals surface area contributed by atoms with Crippen LogP contribution in [0, 0.1) is 0 Å². The van der Waals surface area contributed by atoms with Crippen LogP contribution < -0.4 is 5.32 Å². The molecule has 7 heteroatoms. The van der Waals surface area contributed by atoms with Crippen molar-refractivity contribution in [2.24, 2.45) is 0 Å². The third kappa shape index (κ3) is 2.93. The molecule has 3 heterocycles. The van der Waals surface area contributed by atoms with Crippen LogP contribution in [0.15, 0.2) is 35.8 Å². The van der Waals surface area contributed by atoms with Crippen LogP contribution in [-0.4, -0.2) is 28.5 Å². The molecular formula is C15H14ClN3O2S. The second-order valence-corrected chi connectivity index (χ2v) is 5.90. The van der Waals surface area contributed by atoms with E-state index >= 15 is 0 Å². The summed E-state index contributed by atoms with van der Waals surface area (Å²) in [4.78, 5) is 17.2. The van der Waals surface area contributed by atoms with Crippen molar-refractivity contribution in [1.29, 1.82) is 0 Å². The predicted octanol–water partition coefficient (Wildman–Crippen LogP) is 3.69. The molecule has 0 saturated carbocycles. The molecule has 0 aromatic carbocycles. The number of imidazole rings is 1. The van der Waals surface area contributed by atoms with Gasteiger partial charge in [-0.1, -0.05) is 17.7 Å². The molecule has 3 rings (SSSR count). The zero-order chi connectivity index (χ0) is 15.5. The van der Waals surface area contributed by atoms with Crippen molar-refractivity contribution in [2.45, 2.75) is 6.92 Å². The summed E-state index contributed by atoms with van der Waals surface area (Å²) in [5, 5.41) is 5.70. The van der Waals surface area contributed by atoms with Crippen LogP contribution in [0.4, 0.5) is 5.82 Å². The first-order chi connectivity index (χ1) is 10.7. The normalized spacial score (nSPS) is 10.8. The largest absolute Gasteiger partial charge is 0.465 e. The van der Waals surface area contributed by atoms with Crippen LogP contribution in [0.2, 0.25) is 5.02 Å². The third-order valence-corrected chi connectivity index (χ3v) is 4.14. The van der Waals surface area contributed by atoms with Gasteiger partial charge in [0.2, 0.25) is 0 Å². The summed E-state index contributed by atoms with van der Waals surface area (Å²) in [5.74, 6) is 0.421. The Balaban J connectivity index is 2.02. The minimum Gasteiger partial charge on any atom is -0.465 e. The van der Waals surface area contributed by atoms with Gasteiger partial charge in [0.1, 0.15) is 23.7 Å². The number of esters is 1. The molecule has 0 aliphatic rings. The molecule has 5 nitrogen and oxygen atoms in total. The lowest BCUT2D eigenvalue weighted by atomic mass is 10.3. The average molecular weight is 336 g/mol. The summed E-state index contributed by atoms with van der Waals surface area (Å²) in [7, 11) is 0. The van der Waals surface area contributed by atoms with E-state index in [4.69, 9.17) is 16.3 Å². The van der Waals surface area contributed by atoms with E-state index < -0.39 is 0 Å². The fourth-order valence-electron chi connectivity index (χ4n) is 2.14. The molecule has 3 aromatic heterocycles. The number of carbonyl (C=O) groups excluding carboxylic acids is 1. The number of pyridine rings is 1. The van der Waals surface area contributed by atoms with Gasteiger partial charge in [-0.25, -0.2) is 4.98 Å². The Kier molecular flexibility index (Phi) is 4.31. The van der Waals surface area contributed by atoms with Crippen molar-refractivity contribution in [3.63, 3.8) is 0 Å². The number of fused-ring (bicyclic) bond motifs is 1. The number of anilines is 1. The molecular weight excluding hydrogens is 322 g/mol. The Hall–Kier alpha value is -2.05. The summed E-state index contributed by atoms with van der Waals surface area (Å²) in [6.45, 7) is 2.22. The summed E-state index contributed by atoms with van der Waals surface area (Å²) in [6.07, 6.45) is 1.77. The van der Waals surface area contributed by atoms with Crippen LogP contribution in [-0.2, 0) is 9.53 Å². The van der Waals surface area contributed by atoms with Gasteiger partial charge in [-0.2, -0.15) is 0 Å². The monoisotopic (exact) mass is 335 g/mol. The van der Waals surface area contributed by atoms with Crippen LogP contribution in [0.1, 0.15) is 6.92 Å². The van der Waals surface area contributed by atoms with Crippen molar-refractivity contribution in [1.82, 2.24) is 9.38 Å². The van der Waals surface area contributed by atoms with Gasteiger partial charge >= 0.3 is 5.97 Å². The molecule has 0 radical (unpaired) electrons. The molecule has 0 amide bonds. The maximum atomic E-state index is 11.6. The Bertz CT molecular complexity index is 799. The van der Waals surface area contributed by atoms with Gasteiger partial charge < -0.3 is 10.1 Å². The quantitative estimate of drug-likeness (QED) is 0.722. The summed E-state index contributed by atoms with van der Waals surface area (Å²) < 4.78 is 6.80. The van der Waals surface area contributed by atoms with E-state index in [-0.39, 0.29) is 12.5 Å². The fraction of sp³-hybridized carbons (Fsp3) is 0.200. The number of carbonyl (C=O) groups is 1. The highest BCUT2D eigenvalue weighted by Gasteiger charge is 2.16. The molecule has 0 aliphatic heterocycles. The molecule has 0 bridgehead atoms. The van der Waals surface area contributed by atoms with Gasteiger partial charge in [-0.3, -0.25) is 9.20 Å². The molecule has 0 unspecified atom stereocenters. The van der Waals surface area contributed by atoms with E-state index in [1.165, 1.54) is 0 Å². The van der Waals surface area contributed by atoms with Gasteiger partial charge in [-0.15, -0.1) is 11.3 Å². The highest BCUT2D eigenvalue weighted by molar-refractivity contribution is 7.13. The van der Waals surface area contributed by atoms with Crippen molar-refractivity contribution < 1.29 is 9.53 Å². The minimum absolute atomic E-state index is 0.0759. The maximum Gasteiger partial charge on any atom is 0.325 e. The molecule has 1 N–H and O–H groups in total. The predicted molar refractivity (Wildman–Crippen MR) is 88.6 cm³/mol. The van der Waals surface area contributed by atoms with Gasteiger partial charge in [0.15, 0.2) is 0 Å². The van der Waals surface area contributed by atoms with E-state index in [9.17, 15) is 4.79 Å². The van der Waals surface area contributed by atoms with Crippen molar-refractivity contribution >= 4 is 40.4 Å². The van der Waals surface area contributed by atoms with Gasteiger partial charge in [-0.05, 0) is 30.5 Å². The molecule has 22 heavy (non-hydrogen) atoms. The van der Waals surface area contributed by atoms with Crippen molar-refractivity contribution in [2.75, 3.05) is 18.5 Å². The summed E-state index contributed by atoms with van der Waals surface area (Å²) in [5.41, 5.74) is 1.56. The third-order valence-electron chi connectivity index (χ3n) is 3.04. The van der Waals surface area contributed by atoms with Gasteiger partial charge in [0, 0.05) is 6.20 Å². The Morgan fingerprint density at radius 2 is 2.32 bits per heavy atom. The maximum absolute atomic E-state index is 11.6. The highest BCUT2D eigenvalue weighted by Crippen LogP contribution is 2.32. The number of nitrogens with zero attached hydrogens (tertiary/aromatic N) is 2. The number of rotatable bonds is 5. The lowest BCUT2D eigenvalue weighted by molar-refractivity contribution is -0.140. The zero-order valence-corrected chi connectivity index (χ0v) is 13.4. The van der Waals surface area contributed by atoms with E-state index in [2.05, 4.69) is 10.3 Å². The molecule has 114 valence electrons. The number of aromatic nitrogens is 2. The first-order valence-electron chi connectivity index (χ1n) is 6.80. The first-order valence-corrected chi connectivity index (χ1v) is 8.05. The smallest absolute Gasteiger partial charge is 0.325 e. The molecule has 0 saturated heterocycles. The number of halogens is 1. The van der Waals surface area contributed by atoms with E-state index in [1.807, 2.05) is 28.0 Å². The fourth-order valence-corrected chi connectivity index (χ4v) is 3.02. The van der Waals surface area contributed by atoms with Crippen LogP contribution in [0.25, 0.3) is 16.2 Å². The molecule has 3 aromatic rings. The summed E-state index contributed by atoms with van der Waals surface area (Å²) >= 11 is 7.66. The molecule has 0 spiro atoms. The highest BCUT2D eigenvalue weighted by atomic mass is 35.5. The lowest BCUT2D eigenvalue weighted by Gasteiger charge is -2.08. The van der Waals surface area contributed by atoms with E-state index in [1.54, 1.807) is 30.5 Å². The lowest BCUT2D eigenvalue weighted by Crippen LogP contribution is -2.17. The minimum atomic E-state index is -0.309. The summed E-state index contributed by atoms with van der Waals surface area (Å²) in [6, 6.07) is 7.59. The van der Waals surface area contributed by atoms with E-state index in [0.29, 0.717) is 11.6 Å². The van der Waals surface area contributed by atoms with Crippen molar-refractivity contribution in [3.8, 4) is 10.6 Å². The second-order valence-electron chi connectivity index (χ2n) is 4.52. The van der Waals surface area contributed by atoms with Crippen molar-refractivity contribution in [3.05, 3.63) is 40.9 Å². The van der Waals surface area contributed by atoms with Crippen LogP contribution in [0.3, 0.4) is 0 Å². The number of hydrogen-bond donors (Lipinski definition) is 1. The topological polar surface area (TPSA) is 55.6 Å².